The molecule has 0 aromatic heterocycles. The summed E-state index contributed by atoms with van der Waals surface area (Å²) in [7, 11) is 1.61. The predicted molar refractivity (Wildman–Crippen MR) is 65.1 cm³/mol. The molecule has 0 spiro atoms. The Bertz CT molecular complexity index is 395. The monoisotopic (exact) mass is 238 g/mol. The number of anilines is 1. The molecule has 0 fully saturated rings. The zero-order valence-corrected chi connectivity index (χ0v) is 9.92. The molecule has 0 bridgehead atoms. The molecule has 1 aliphatic heterocycles. The second-order valence-electron chi connectivity index (χ2n) is 3.40. The van der Waals surface area contributed by atoms with Gasteiger partial charge in [0.15, 0.2) is 0 Å². The number of hydrogen-bond acceptors (Lipinski definition) is 4. The molecule has 16 heavy (non-hydrogen) atoms. The number of amides is 1. The van der Waals surface area contributed by atoms with Crippen molar-refractivity contribution >= 4 is 23.4 Å². The van der Waals surface area contributed by atoms with E-state index in [2.05, 4.69) is 0 Å². The van der Waals surface area contributed by atoms with Crippen LogP contribution in [0, 0.1) is 0 Å². The van der Waals surface area contributed by atoms with Gasteiger partial charge in [-0.25, -0.2) is 0 Å². The third-order valence-corrected chi connectivity index (χ3v) is 3.53. The third-order valence-electron chi connectivity index (χ3n) is 2.50. The molecule has 0 saturated carbocycles. The molecule has 1 heterocycles. The van der Waals surface area contributed by atoms with Crippen molar-refractivity contribution < 1.29 is 9.53 Å². The van der Waals surface area contributed by atoms with Gasteiger partial charge in [-0.15, -0.1) is 11.8 Å². The number of carbonyl (C=O) groups is 1. The molecule has 4 nitrogen and oxygen atoms in total. The second-order valence-corrected chi connectivity index (χ2v) is 4.54. The first-order valence-electron chi connectivity index (χ1n) is 5.08. The first-order valence-corrected chi connectivity index (χ1v) is 6.06. The van der Waals surface area contributed by atoms with Crippen LogP contribution in [0.4, 0.5) is 5.69 Å². The highest BCUT2D eigenvalue weighted by Gasteiger charge is 2.25. The van der Waals surface area contributed by atoms with E-state index in [4.69, 9.17) is 10.5 Å². The fourth-order valence-corrected chi connectivity index (χ4v) is 2.78. The van der Waals surface area contributed by atoms with Gasteiger partial charge in [0.2, 0.25) is 5.91 Å². The van der Waals surface area contributed by atoms with Crippen molar-refractivity contribution in [1.82, 2.24) is 0 Å². The number of benzene rings is 1. The lowest BCUT2D eigenvalue weighted by Gasteiger charge is -2.30. The number of ether oxygens (including phenoxy) is 1. The average molecular weight is 238 g/mol. The topological polar surface area (TPSA) is 55.6 Å². The summed E-state index contributed by atoms with van der Waals surface area (Å²) >= 11 is 1.74. The standard InChI is InChI=1S/C11H14N2O2S/c1-15-8-3-2-4-9-11(8)13(5-6-16-9)10(14)7-12/h2-4H,5-7,12H2,1H3. The van der Waals surface area contributed by atoms with Crippen molar-refractivity contribution in [1.29, 1.82) is 0 Å². The molecular formula is C11H14N2O2S. The number of para-hydroxylation sites is 1. The van der Waals surface area contributed by atoms with Crippen LogP contribution in [0.15, 0.2) is 23.1 Å². The highest BCUT2D eigenvalue weighted by atomic mass is 32.2. The van der Waals surface area contributed by atoms with E-state index >= 15 is 0 Å². The van der Waals surface area contributed by atoms with E-state index in [0.717, 1.165) is 22.1 Å². The molecule has 0 unspecified atom stereocenters. The molecule has 0 aliphatic carbocycles. The van der Waals surface area contributed by atoms with Crippen LogP contribution in [0.1, 0.15) is 0 Å². The van der Waals surface area contributed by atoms with Gasteiger partial charge in [0.1, 0.15) is 5.75 Å². The van der Waals surface area contributed by atoms with Crippen LogP contribution >= 0.6 is 11.8 Å². The van der Waals surface area contributed by atoms with Crippen molar-refractivity contribution in [2.45, 2.75) is 4.90 Å². The lowest BCUT2D eigenvalue weighted by molar-refractivity contribution is -0.117. The summed E-state index contributed by atoms with van der Waals surface area (Å²) in [6.45, 7) is 0.718. The van der Waals surface area contributed by atoms with Gasteiger partial charge in [-0.05, 0) is 12.1 Å². The van der Waals surface area contributed by atoms with Crippen LogP contribution < -0.4 is 15.4 Å². The van der Waals surface area contributed by atoms with Gasteiger partial charge in [0.25, 0.3) is 0 Å². The zero-order chi connectivity index (χ0) is 11.5. The average Bonchev–Trinajstić information content (AvgIpc) is 2.36. The Labute approximate surface area is 98.7 Å². The van der Waals surface area contributed by atoms with E-state index in [1.165, 1.54) is 0 Å². The van der Waals surface area contributed by atoms with Gasteiger partial charge in [0.05, 0.1) is 19.3 Å². The predicted octanol–water partition coefficient (Wildman–Crippen LogP) is 1.09. The molecule has 2 N–H and O–H groups in total. The van der Waals surface area contributed by atoms with Gasteiger partial charge in [-0.3, -0.25) is 4.79 Å². The van der Waals surface area contributed by atoms with E-state index in [-0.39, 0.29) is 12.5 Å². The number of carbonyl (C=O) groups excluding carboxylic acids is 1. The molecule has 0 atom stereocenters. The number of hydrogen-bond donors (Lipinski definition) is 1. The molecule has 0 radical (unpaired) electrons. The molecule has 0 saturated heterocycles. The van der Waals surface area contributed by atoms with E-state index in [9.17, 15) is 4.79 Å². The summed E-state index contributed by atoms with van der Waals surface area (Å²) < 4.78 is 5.29. The van der Waals surface area contributed by atoms with Gasteiger partial charge in [-0.2, -0.15) is 0 Å². The number of rotatable bonds is 2. The normalized spacial score (nSPS) is 14.5. The Kier molecular flexibility index (Phi) is 3.36. The number of nitrogens with two attached hydrogens (primary N) is 1. The molecular weight excluding hydrogens is 224 g/mol. The van der Waals surface area contributed by atoms with Crippen LogP contribution in [0.2, 0.25) is 0 Å². The van der Waals surface area contributed by atoms with Crippen LogP contribution in [-0.4, -0.2) is 31.9 Å². The third kappa shape index (κ3) is 1.88. The highest BCUT2D eigenvalue weighted by Crippen LogP contribution is 2.41. The van der Waals surface area contributed by atoms with Crippen LogP contribution in [0.3, 0.4) is 0 Å². The molecule has 1 aromatic carbocycles. The van der Waals surface area contributed by atoms with E-state index in [1.807, 2.05) is 18.2 Å². The van der Waals surface area contributed by atoms with Gasteiger partial charge in [0, 0.05) is 17.2 Å². The Morgan fingerprint density at radius 3 is 3.12 bits per heavy atom. The minimum Gasteiger partial charge on any atom is -0.495 e. The number of methoxy groups -OCH3 is 1. The summed E-state index contributed by atoms with van der Waals surface area (Å²) in [4.78, 5) is 14.5. The minimum absolute atomic E-state index is 0.0299. The summed E-state index contributed by atoms with van der Waals surface area (Å²) in [6.07, 6.45) is 0. The lowest BCUT2D eigenvalue weighted by atomic mass is 10.2. The molecule has 5 heteroatoms. The fourth-order valence-electron chi connectivity index (χ4n) is 1.77. The van der Waals surface area contributed by atoms with Gasteiger partial charge in [-0.1, -0.05) is 6.07 Å². The quantitative estimate of drug-likeness (QED) is 0.838. The lowest BCUT2D eigenvalue weighted by Crippen LogP contribution is -2.39. The maximum atomic E-state index is 11.7. The van der Waals surface area contributed by atoms with Crippen LogP contribution in [0.5, 0.6) is 5.75 Å². The first kappa shape index (κ1) is 11.3. The van der Waals surface area contributed by atoms with Crippen molar-refractivity contribution in [3.63, 3.8) is 0 Å². The maximum Gasteiger partial charge on any atom is 0.240 e. The highest BCUT2D eigenvalue weighted by molar-refractivity contribution is 7.99. The van der Waals surface area contributed by atoms with Crippen LogP contribution in [-0.2, 0) is 4.79 Å². The van der Waals surface area contributed by atoms with E-state index in [1.54, 1.807) is 23.8 Å². The van der Waals surface area contributed by atoms with E-state index in [0.29, 0.717) is 6.54 Å². The summed E-state index contributed by atoms with van der Waals surface area (Å²) in [5, 5.41) is 0. The summed E-state index contributed by atoms with van der Waals surface area (Å²) in [5.74, 6) is 1.56. The minimum atomic E-state index is -0.0638. The molecule has 1 aliphatic rings. The summed E-state index contributed by atoms with van der Waals surface area (Å²) in [5.41, 5.74) is 6.27. The van der Waals surface area contributed by atoms with E-state index < -0.39 is 0 Å². The zero-order valence-electron chi connectivity index (χ0n) is 9.10. The number of thioether (sulfide) groups is 1. The second kappa shape index (κ2) is 4.76. The Balaban J connectivity index is 2.46. The van der Waals surface area contributed by atoms with Crippen molar-refractivity contribution in [3.05, 3.63) is 18.2 Å². The largest absolute Gasteiger partial charge is 0.495 e. The SMILES string of the molecule is COc1cccc2c1N(C(=O)CN)CCS2. The van der Waals surface area contributed by atoms with Gasteiger partial charge >= 0.3 is 0 Å². The maximum absolute atomic E-state index is 11.7. The number of fused-ring (bicyclic) bond motifs is 1. The summed E-state index contributed by atoms with van der Waals surface area (Å²) in [6, 6.07) is 5.79. The molecule has 2 rings (SSSR count). The van der Waals surface area contributed by atoms with Gasteiger partial charge < -0.3 is 15.4 Å². The van der Waals surface area contributed by atoms with Crippen molar-refractivity contribution in [2.75, 3.05) is 30.9 Å². The Morgan fingerprint density at radius 2 is 2.44 bits per heavy atom. The Morgan fingerprint density at radius 1 is 1.62 bits per heavy atom. The smallest absolute Gasteiger partial charge is 0.240 e. The van der Waals surface area contributed by atoms with Crippen LogP contribution in [0.25, 0.3) is 0 Å². The molecule has 1 aromatic rings. The Hall–Kier alpha value is -1.20. The van der Waals surface area contributed by atoms with Crippen molar-refractivity contribution in [2.24, 2.45) is 5.73 Å². The number of nitrogens with zero attached hydrogens (tertiary/aromatic N) is 1. The molecule has 86 valence electrons. The van der Waals surface area contributed by atoms with Crippen molar-refractivity contribution in [3.8, 4) is 5.75 Å². The molecule has 1 amide bonds. The first-order chi connectivity index (χ1) is 7.77. The fraction of sp³-hybridized carbons (Fsp3) is 0.364.